The van der Waals surface area contributed by atoms with E-state index in [4.69, 9.17) is 11.6 Å². The molecule has 2 unspecified atom stereocenters. The summed E-state index contributed by atoms with van der Waals surface area (Å²) in [5.74, 6) is 0.747. The molecule has 1 aromatic heterocycles. The van der Waals surface area contributed by atoms with E-state index in [1.807, 2.05) is 29.3 Å². The van der Waals surface area contributed by atoms with Crippen molar-refractivity contribution >= 4 is 23.4 Å². The highest BCUT2D eigenvalue weighted by Crippen LogP contribution is 2.31. The van der Waals surface area contributed by atoms with E-state index in [0.29, 0.717) is 12.3 Å². The second-order valence-electron chi connectivity index (χ2n) is 9.33. The van der Waals surface area contributed by atoms with Gasteiger partial charge in [0.05, 0.1) is 6.04 Å². The molecular weight excluding hydrogens is 436 g/mol. The van der Waals surface area contributed by atoms with Crippen LogP contribution < -0.4 is 0 Å². The minimum absolute atomic E-state index is 0.0755. The minimum atomic E-state index is 0.0755. The zero-order valence-electron chi connectivity index (χ0n) is 19.5. The lowest BCUT2D eigenvalue weighted by Crippen LogP contribution is -2.55. The summed E-state index contributed by atoms with van der Waals surface area (Å²) < 4.78 is 0. The van der Waals surface area contributed by atoms with Crippen molar-refractivity contribution in [2.24, 2.45) is 5.92 Å². The van der Waals surface area contributed by atoms with Crippen LogP contribution in [0.2, 0.25) is 5.02 Å². The van der Waals surface area contributed by atoms with Gasteiger partial charge in [0.1, 0.15) is 0 Å². The fraction of sp³-hybridized carbons (Fsp3) is 0.500. The molecule has 0 radical (unpaired) electrons. The van der Waals surface area contributed by atoms with Gasteiger partial charge in [-0.15, -0.1) is 0 Å². The zero-order valence-corrected chi connectivity index (χ0v) is 20.2. The molecular formula is C26H33ClN4O2. The maximum atomic E-state index is 13.1. The number of nitrogens with zero attached hydrogens (tertiary/aromatic N) is 4. The van der Waals surface area contributed by atoms with Crippen molar-refractivity contribution in [1.29, 1.82) is 0 Å². The maximum Gasteiger partial charge on any atom is 0.223 e. The Bertz CT molecular complexity index is 945. The lowest BCUT2D eigenvalue weighted by Gasteiger charge is -2.44. The lowest BCUT2D eigenvalue weighted by molar-refractivity contribution is -0.137. The molecule has 0 N–H and O–H groups in total. The number of piperazine rings is 1. The number of hydrogen-bond donors (Lipinski definition) is 0. The van der Waals surface area contributed by atoms with Crippen molar-refractivity contribution in [2.75, 3.05) is 32.7 Å². The van der Waals surface area contributed by atoms with E-state index in [1.54, 1.807) is 13.1 Å². The zero-order chi connectivity index (χ0) is 23.4. The van der Waals surface area contributed by atoms with Gasteiger partial charge in [-0.1, -0.05) is 29.8 Å². The van der Waals surface area contributed by atoms with Crippen LogP contribution in [0.5, 0.6) is 0 Å². The third kappa shape index (κ3) is 5.74. The summed E-state index contributed by atoms with van der Waals surface area (Å²) in [7, 11) is 0. The molecule has 0 bridgehead atoms. The first-order chi connectivity index (χ1) is 15.9. The number of piperidine rings is 1. The highest BCUT2D eigenvalue weighted by molar-refractivity contribution is 6.30. The Morgan fingerprint density at radius 1 is 1.06 bits per heavy atom. The van der Waals surface area contributed by atoms with Crippen molar-refractivity contribution < 1.29 is 9.59 Å². The lowest BCUT2D eigenvalue weighted by atomic mass is 9.92. The molecule has 2 aliphatic rings. The van der Waals surface area contributed by atoms with E-state index in [0.717, 1.165) is 56.2 Å². The largest absolute Gasteiger partial charge is 0.343 e. The van der Waals surface area contributed by atoms with Gasteiger partial charge in [-0.05, 0) is 55.0 Å². The van der Waals surface area contributed by atoms with Crippen LogP contribution in [0, 0.1) is 5.92 Å². The molecule has 0 aliphatic carbocycles. The highest BCUT2D eigenvalue weighted by Gasteiger charge is 2.33. The maximum absolute atomic E-state index is 13.1. The number of rotatable bonds is 5. The smallest absolute Gasteiger partial charge is 0.223 e. The van der Waals surface area contributed by atoms with Crippen LogP contribution in [0.25, 0.3) is 0 Å². The van der Waals surface area contributed by atoms with Crippen molar-refractivity contribution in [3.63, 3.8) is 0 Å². The molecule has 4 rings (SSSR count). The number of amides is 2. The van der Waals surface area contributed by atoms with Crippen LogP contribution >= 0.6 is 11.6 Å². The number of carbonyl (C=O) groups excluding carboxylic acids is 2. The van der Waals surface area contributed by atoms with Gasteiger partial charge in [-0.2, -0.15) is 0 Å². The second-order valence-corrected chi connectivity index (χ2v) is 9.76. The third-order valence-electron chi connectivity index (χ3n) is 7.05. The average Bonchev–Trinajstić information content (AvgIpc) is 2.81. The quantitative estimate of drug-likeness (QED) is 0.665. The summed E-state index contributed by atoms with van der Waals surface area (Å²) in [5.41, 5.74) is 2.32. The molecule has 0 saturated carbocycles. The predicted octanol–water partition coefficient (Wildman–Crippen LogP) is 4.01. The Hall–Kier alpha value is -2.44. The molecule has 2 fully saturated rings. The molecule has 2 atom stereocenters. The van der Waals surface area contributed by atoms with Gasteiger partial charge in [-0.3, -0.25) is 19.5 Å². The number of halogens is 1. The molecule has 6 nitrogen and oxygen atoms in total. The summed E-state index contributed by atoms with van der Waals surface area (Å²) in [6, 6.07) is 12.3. The topological polar surface area (TPSA) is 56.8 Å². The Kier molecular flexibility index (Phi) is 7.66. The molecule has 33 heavy (non-hydrogen) atoms. The van der Waals surface area contributed by atoms with Crippen molar-refractivity contribution in [3.05, 3.63) is 64.9 Å². The minimum Gasteiger partial charge on any atom is -0.343 e. The Morgan fingerprint density at radius 2 is 1.79 bits per heavy atom. The summed E-state index contributed by atoms with van der Waals surface area (Å²) in [6.45, 7) is 7.63. The van der Waals surface area contributed by atoms with Crippen molar-refractivity contribution in [3.8, 4) is 0 Å². The number of aromatic nitrogens is 1. The van der Waals surface area contributed by atoms with Crippen LogP contribution in [-0.4, -0.2) is 70.3 Å². The van der Waals surface area contributed by atoms with Gasteiger partial charge in [0.2, 0.25) is 11.8 Å². The number of carbonyl (C=O) groups is 2. The van der Waals surface area contributed by atoms with Gasteiger partial charge < -0.3 is 9.80 Å². The molecule has 3 heterocycles. The number of hydrogen-bond acceptors (Lipinski definition) is 4. The summed E-state index contributed by atoms with van der Waals surface area (Å²) in [5, 5.41) is 0.724. The summed E-state index contributed by atoms with van der Waals surface area (Å²) in [6.07, 6.45) is 6.13. The standard InChI is InChI=1S/C26H33ClN4O2/c1-19-18-30(26(23-4-3-11-28-17-23)22-5-7-24(27)8-6-22)14-15-31(19)25(33)16-21-9-12-29(13-10-21)20(2)32/h3-8,11,17,19,21,26H,9-10,12-16,18H2,1-2H3. The molecule has 7 heteroatoms. The Morgan fingerprint density at radius 3 is 2.39 bits per heavy atom. The van der Waals surface area contributed by atoms with Crippen LogP contribution in [-0.2, 0) is 9.59 Å². The number of benzene rings is 1. The van der Waals surface area contributed by atoms with E-state index >= 15 is 0 Å². The first kappa shape index (κ1) is 23.7. The first-order valence-corrected chi connectivity index (χ1v) is 12.2. The third-order valence-corrected chi connectivity index (χ3v) is 7.31. The van der Waals surface area contributed by atoms with E-state index in [2.05, 4.69) is 39.9 Å². The fourth-order valence-electron chi connectivity index (χ4n) is 5.20. The van der Waals surface area contributed by atoms with Crippen LogP contribution in [0.3, 0.4) is 0 Å². The van der Waals surface area contributed by atoms with Gasteiger partial charge in [0, 0.05) is 69.5 Å². The normalized spacial score (nSPS) is 21.1. The summed E-state index contributed by atoms with van der Waals surface area (Å²) >= 11 is 6.14. The molecule has 0 spiro atoms. The second kappa shape index (κ2) is 10.7. The van der Waals surface area contributed by atoms with Crippen LogP contribution in [0.1, 0.15) is 50.3 Å². The first-order valence-electron chi connectivity index (χ1n) is 11.9. The van der Waals surface area contributed by atoms with Gasteiger partial charge >= 0.3 is 0 Å². The van der Waals surface area contributed by atoms with Crippen LogP contribution in [0.4, 0.5) is 0 Å². The predicted molar refractivity (Wildman–Crippen MR) is 130 cm³/mol. The summed E-state index contributed by atoms with van der Waals surface area (Å²) in [4.78, 5) is 35.4. The van der Waals surface area contributed by atoms with Crippen LogP contribution in [0.15, 0.2) is 48.8 Å². The Balaban J connectivity index is 1.41. The molecule has 1 aromatic carbocycles. The van der Waals surface area contributed by atoms with Crippen molar-refractivity contribution in [1.82, 2.24) is 19.7 Å². The van der Waals surface area contributed by atoms with E-state index in [9.17, 15) is 9.59 Å². The molecule has 2 aromatic rings. The molecule has 2 saturated heterocycles. The SMILES string of the molecule is CC(=O)N1CCC(CC(=O)N2CCN(C(c3ccc(Cl)cc3)c3cccnc3)CC2C)CC1. The van der Waals surface area contributed by atoms with E-state index in [1.165, 1.54) is 5.56 Å². The molecule has 176 valence electrons. The monoisotopic (exact) mass is 468 g/mol. The van der Waals surface area contributed by atoms with Gasteiger partial charge in [-0.25, -0.2) is 0 Å². The molecule has 2 amide bonds. The number of pyridine rings is 1. The van der Waals surface area contributed by atoms with E-state index in [-0.39, 0.29) is 23.9 Å². The van der Waals surface area contributed by atoms with Gasteiger partial charge in [0.25, 0.3) is 0 Å². The van der Waals surface area contributed by atoms with Crippen molar-refractivity contribution in [2.45, 2.75) is 45.2 Å². The van der Waals surface area contributed by atoms with E-state index < -0.39 is 0 Å². The number of likely N-dealkylation sites (tertiary alicyclic amines) is 1. The molecule has 2 aliphatic heterocycles. The Labute approximate surface area is 201 Å². The fourth-order valence-corrected chi connectivity index (χ4v) is 5.33. The van der Waals surface area contributed by atoms with Gasteiger partial charge in [0.15, 0.2) is 0 Å². The average molecular weight is 469 g/mol. The highest BCUT2D eigenvalue weighted by atomic mass is 35.5.